The van der Waals surface area contributed by atoms with E-state index in [0.29, 0.717) is 23.1 Å². The Morgan fingerprint density at radius 1 is 1.25 bits per heavy atom. The Morgan fingerprint density at radius 2 is 1.75 bits per heavy atom. The molecule has 0 radical (unpaired) electrons. The first kappa shape index (κ1) is 17.5. The van der Waals surface area contributed by atoms with E-state index in [4.69, 9.17) is 4.43 Å². The molecule has 0 spiro atoms. The highest BCUT2D eigenvalue weighted by Crippen LogP contribution is 2.43. The van der Waals surface area contributed by atoms with Crippen LogP contribution in [0.25, 0.3) is 0 Å². The third-order valence-electron chi connectivity index (χ3n) is 4.44. The monoisotopic (exact) mass is 306 g/mol. The molecule has 0 aromatic rings. The lowest BCUT2D eigenvalue weighted by Gasteiger charge is -2.38. The normalized spacial score (nSPS) is 21.9. The Hall–Kier alpha value is -0.553. The summed E-state index contributed by atoms with van der Waals surface area (Å²) < 4.78 is 44.0. The van der Waals surface area contributed by atoms with Gasteiger partial charge in [0.1, 0.15) is 0 Å². The van der Waals surface area contributed by atoms with E-state index in [1.54, 1.807) is 6.92 Å². The fourth-order valence-electron chi connectivity index (χ4n) is 2.10. The summed E-state index contributed by atoms with van der Waals surface area (Å²) in [6.07, 6.45) is -4.83. The summed E-state index contributed by atoms with van der Waals surface area (Å²) in [4.78, 5) is 0. The van der Waals surface area contributed by atoms with Crippen LogP contribution in [0.2, 0.25) is 18.1 Å². The Labute approximate surface area is 121 Å². The maximum absolute atomic E-state index is 12.6. The molecule has 5 heteroatoms. The minimum atomic E-state index is -4.19. The van der Waals surface area contributed by atoms with Crippen molar-refractivity contribution in [1.29, 1.82) is 0 Å². The van der Waals surface area contributed by atoms with E-state index in [0.717, 1.165) is 0 Å². The predicted octanol–water partition coefficient (Wildman–Crippen LogP) is 5.61. The second kappa shape index (κ2) is 5.33. The quantitative estimate of drug-likeness (QED) is 0.616. The molecular weight excluding hydrogens is 281 g/mol. The number of halogens is 3. The maximum Gasteiger partial charge on any atom is 0.393 e. The van der Waals surface area contributed by atoms with Gasteiger partial charge in [0, 0.05) is 6.42 Å². The molecule has 0 amide bonds. The molecule has 0 aliphatic heterocycles. The van der Waals surface area contributed by atoms with Crippen LogP contribution in [0.3, 0.4) is 0 Å². The molecule has 0 saturated heterocycles. The minimum Gasteiger partial charge on any atom is -0.410 e. The summed E-state index contributed by atoms with van der Waals surface area (Å²) in [5, 5.41) is 0.0430. The van der Waals surface area contributed by atoms with Gasteiger partial charge in [-0.25, -0.2) is 0 Å². The number of rotatable bonds is 3. The van der Waals surface area contributed by atoms with E-state index < -0.39 is 20.9 Å². The fourth-order valence-corrected chi connectivity index (χ4v) is 3.43. The minimum absolute atomic E-state index is 0.0430. The van der Waals surface area contributed by atoms with Crippen LogP contribution < -0.4 is 0 Å². The molecule has 0 heterocycles. The van der Waals surface area contributed by atoms with Crippen molar-refractivity contribution < 1.29 is 17.6 Å². The topological polar surface area (TPSA) is 9.23 Å². The van der Waals surface area contributed by atoms with Gasteiger partial charge in [-0.3, -0.25) is 0 Å². The highest BCUT2D eigenvalue weighted by atomic mass is 28.4. The van der Waals surface area contributed by atoms with Crippen LogP contribution in [0.4, 0.5) is 13.2 Å². The summed E-state index contributed by atoms with van der Waals surface area (Å²) in [6, 6.07) is 0. The van der Waals surface area contributed by atoms with Crippen molar-refractivity contribution in [1.82, 2.24) is 0 Å². The van der Waals surface area contributed by atoms with Crippen LogP contribution in [-0.4, -0.2) is 20.6 Å². The van der Waals surface area contributed by atoms with Crippen molar-refractivity contribution in [3.05, 3.63) is 23.3 Å². The van der Waals surface area contributed by atoms with Gasteiger partial charge < -0.3 is 4.43 Å². The van der Waals surface area contributed by atoms with Gasteiger partial charge in [-0.05, 0) is 41.8 Å². The van der Waals surface area contributed by atoms with Crippen LogP contribution in [-0.2, 0) is 4.43 Å². The van der Waals surface area contributed by atoms with Crippen molar-refractivity contribution in [2.45, 2.75) is 70.9 Å². The summed E-state index contributed by atoms with van der Waals surface area (Å²) in [7, 11) is -1.99. The van der Waals surface area contributed by atoms with Gasteiger partial charge in [0.15, 0.2) is 8.32 Å². The number of alkyl halides is 3. The Morgan fingerprint density at radius 3 is 2.15 bits per heavy atom. The number of allylic oxidation sites excluding steroid dienone is 1. The molecule has 0 aromatic carbocycles. The molecule has 1 nitrogen and oxygen atoms in total. The van der Waals surface area contributed by atoms with Crippen molar-refractivity contribution in [2.75, 3.05) is 0 Å². The van der Waals surface area contributed by atoms with E-state index in [1.165, 1.54) is 0 Å². The van der Waals surface area contributed by atoms with Crippen LogP contribution in [0.15, 0.2) is 23.3 Å². The van der Waals surface area contributed by atoms with Crippen molar-refractivity contribution in [3.63, 3.8) is 0 Å². The third kappa shape index (κ3) is 3.98. The van der Waals surface area contributed by atoms with Gasteiger partial charge in [0.25, 0.3) is 0 Å². The Balaban J connectivity index is 2.93. The van der Waals surface area contributed by atoms with Gasteiger partial charge >= 0.3 is 6.18 Å². The predicted molar refractivity (Wildman–Crippen MR) is 79.2 cm³/mol. The van der Waals surface area contributed by atoms with E-state index in [-0.39, 0.29) is 11.1 Å². The smallest absolute Gasteiger partial charge is 0.393 e. The van der Waals surface area contributed by atoms with E-state index >= 15 is 0 Å². The van der Waals surface area contributed by atoms with E-state index in [9.17, 15) is 13.2 Å². The molecule has 0 saturated carbocycles. The van der Waals surface area contributed by atoms with Gasteiger partial charge in [0.05, 0.1) is 12.5 Å². The zero-order chi connectivity index (χ0) is 15.9. The maximum atomic E-state index is 12.6. The molecule has 0 N–H and O–H groups in total. The van der Waals surface area contributed by atoms with Gasteiger partial charge in [-0.2, -0.15) is 13.2 Å². The first-order valence-electron chi connectivity index (χ1n) is 6.87. The fraction of sp³-hybridized carbons (Fsp3) is 0.733. The molecule has 1 aliphatic rings. The second-order valence-electron chi connectivity index (χ2n) is 7.13. The van der Waals surface area contributed by atoms with Gasteiger partial charge in [0.2, 0.25) is 0 Å². The number of hydrogen-bond acceptors (Lipinski definition) is 1. The van der Waals surface area contributed by atoms with Gasteiger partial charge in [-0.1, -0.05) is 27.4 Å². The average Bonchev–Trinajstić information content (AvgIpc) is 2.41. The van der Waals surface area contributed by atoms with Crippen molar-refractivity contribution in [2.24, 2.45) is 0 Å². The molecule has 0 aromatic heterocycles. The Bertz CT molecular complexity index is 427. The molecule has 116 valence electrons. The Kier molecular flexibility index (Phi) is 4.67. The first-order valence-corrected chi connectivity index (χ1v) is 9.78. The lowest BCUT2D eigenvalue weighted by molar-refractivity contribution is -0.126. The van der Waals surface area contributed by atoms with E-state index in [2.05, 4.69) is 40.4 Å². The van der Waals surface area contributed by atoms with Gasteiger partial charge in [-0.15, -0.1) is 0 Å². The lowest BCUT2D eigenvalue weighted by Crippen LogP contribution is -2.43. The van der Waals surface area contributed by atoms with Crippen LogP contribution in [0.1, 0.15) is 40.5 Å². The van der Waals surface area contributed by atoms with E-state index in [1.807, 2.05) is 0 Å². The van der Waals surface area contributed by atoms with Crippen molar-refractivity contribution >= 4 is 8.32 Å². The molecule has 0 fully saturated rings. The van der Waals surface area contributed by atoms with Crippen LogP contribution >= 0.6 is 0 Å². The van der Waals surface area contributed by atoms with Crippen LogP contribution in [0.5, 0.6) is 0 Å². The molecular formula is C15H25F3OSi. The third-order valence-corrected chi connectivity index (χ3v) is 8.92. The first-order chi connectivity index (χ1) is 8.74. The molecule has 1 aliphatic carbocycles. The molecule has 1 atom stereocenters. The molecule has 1 rings (SSSR count). The number of hydrogen-bond donors (Lipinski definition) is 0. The summed E-state index contributed by atoms with van der Waals surface area (Å²) >= 11 is 0. The van der Waals surface area contributed by atoms with Crippen LogP contribution in [0, 0.1) is 0 Å². The van der Waals surface area contributed by atoms with Crippen molar-refractivity contribution in [3.8, 4) is 0 Å². The summed E-state index contributed by atoms with van der Waals surface area (Å²) in [5.74, 6) is 0. The standard InChI is InChI=1S/C15H25F3OSi/c1-10-8-13(19-20(6,7)14(3,4)5)11(2)12(10)9-15(16,17)18/h13H,1,8-9H2,2-7H3/t13-/m0/s1. The zero-order valence-electron chi connectivity index (χ0n) is 13.2. The second-order valence-corrected chi connectivity index (χ2v) is 11.9. The highest BCUT2D eigenvalue weighted by Gasteiger charge is 2.42. The molecule has 20 heavy (non-hydrogen) atoms. The molecule has 0 bridgehead atoms. The lowest BCUT2D eigenvalue weighted by atomic mass is 10.1. The summed E-state index contributed by atoms with van der Waals surface area (Å²) in [5.41, 5.74) is 1.61. The SMILES string of the molecule is C=C1C[C@H](O[Si](C)(C)C(C)(C)C)C(C)=C1CC(F)(F)F. The largest absolute Gasteiger partial charge is 0.410 e. The molecule has 0 unspecified atom stereocenters. The average molecular weight is 306 g/mol. The zero-order valence-corrected chi connectivity index (χ0v) is 14.2. The highest BCUT2D eigenvalue weighted by molar-refractivity contribution is 6.74. The summed E-state index contributed by atoms with van der Waals surface area (Å²) in [6.45, 7) is 16.1.